The summed E-state index contributed by atoms with van der Waals surface area (Å²) < 4.78 is 1.76. The third-order valence-electron chi connectivity index (χ3n) is 2.78. The molecule has 1 N–H and O–H groups in total. The molecule has 0 aliphatic heterocycles. The predicted molar refractivity (Wildman–Crippen MR) is 70.6 cm³/mol. The summed E-state index contributed by atoms with van der Waals surface area (Å²) in [6.07, 6.45) is 1.38. The van der Waals surface area contributed by atoms with E-state index >= 15 is 0 Å². The van der Waals surface area contributed by atoms with Crippen molar-refractivity contribution >= 4 is 28.5 Å². The maximum absolute atomic E-state index is 12.0. The normalized spacial score (nSPS) is 11.1. The molecule has 18 heavy (non-hydrogen) atoms. The highest BCUT2D eigenvalue weighted by Crippen LogP contribution is 2.20. The van der Waals surface area contributed by atoms with Crippen LogP contribution in [0.4, 0.5) is 0 Å². The maximum atomic E-state index is 12.0. The molecule has 0 saturated heterocycles. The van der Waals surface area contributed by atoms with Crippen molar-refractivity contribution in [3.8, 4) is 0 Å². The first-order chi connectivity index (χ1) is 8.41. The second-order valence-electron chi connectivity index (χ2n) is 4.34. The van der Waals surface area contributed by atoms with Crippen LogP contribution in [0.1, 0.15) is 30.2 Å². The molecule has 2 rings (SSSR count). The SMILES string of the molecule is CC(C)n1cc(C(=O)O)c(=O)c2cc(Cl)ccc21. The number of hydrogen-bond acceptors (Lipinski definition) is 2. The van der Waals surface area contributed by atoms with E-state index in [2.05, 4.69) is 0 Å². The Morgan fingerprint density at radius 2 is 2.06 bits per heavy atom. The second-order valence-corrected chi connectivity index (χ2v) is 4.78. The van der Waals surface area contributed by atoms with Gasteiger partial charge in [0, 0.05) is 22.6 Å². The van der Waals surface area contributed by atoms with Gasteiger partial charge >= 0.3 is 5.97 Å². The number of halogens is 1. The Bertz CT molecular complexity index is 688. The Kier molecular flexibility index (Phi) is 3.13. The number of benzene rings is 1. The Balaban J connectivity index is 2.97. The average molecular weight is 266 g/mol. The number of carbonyl (C=O) groups is 1. The molecule has 0 amide bonds. The fourth-order valence-electron chi connectivity index (χ4n) is 1.91. The zero-order chi connectivity index (χ0) is 13.4. The van der Waals surface area contributed by atoms with E-state index in [9.17, 15) is 9.59 Å². The fourth-order valence-corrected chi connectivity index (χ4v) is 2.08. The molecular weight excluding hydrogens is 254 g/mol. The van der Waals surface area contributed by atoms with Crippen LogP contribution in [0.3, 0.4) is 0 Å². The van der Waals surface area contributed by atoms with Gasteiger partial charge < -0.3 is 9.67 Å². The van der Waals surface area contributed by atoms with Crippen molar-refractivity contribution in [3.63, 3.8) is 0 Å². The van der Waals surface area contributed by atoms with Crippen molar-refractivity contribution in [1.29, 1.82) is 0 Å². The van der Waals surface area contributed by atoms with Crippen molar-refractivity contribution < 1.29 is 9.90 Å². The van der Waals surface area contributed by atoms with Crippen LogP contribution in [0, 0.1) is 0 Å². The smallest absolute Gasteiger partial charge is 0.341 e. The number of carboxylic acids is 1. The molecule has 0 saturated carbocycles. The standard InChI is InChI=1S/C13H12ClNO3/c1-7(2)15-6-10(13(17)18)12(16)9-5-8(14)3-4-11(9)15/h3-7H,1-2H3,(H,17,18). The summed E-state index contributed by atoms with van der Waals surface area (Å²) >= 11 is 5.86. The number of aromatic carboxylic acids is 1. The van der Waals surface area contributed by atoms with E-state index in [1.165, 1.54) is 12.3 Å². The molecule has 2 aromatic rings. The summed E-state index contributed by atoms with van der Waals surface area (Å²) in [6.45, 7) is 3.84. The number of rotatable bonds is 2. The van der Waals surface area contributed by atoms with Gasteiger partial charge in [-0.2, -0.15) is 0 Å². The molecule has 94 valence electrons. The molecular formula is C13H12ClNO3. The van der Waals surface area contributed by atoms with E-state index in [1.54, 1.807) is 16.7 Å². The zero-order valence-corrected chi connectivity index (χ0v) is 10.7. The molecule has 0 unspecified atom stereocenters. The van der Waals surface area contributed by atoms with Crippen molar-refractivity contribution in [3.05, 3.63) is 45.2 Å². The highest BCUT2D eigenvalue weighted by atomic mass is 35.5. The topological polar surface area (TPSA) is 59.3 Å². The number of fused-ring (bicyclic) bond motifs is 1. The second kappa shape index (κ2) is 4.46. The van der Waals surface area contributed by atoms with E-state index in [-0.39, 0.29) is 11.6 Å². The van der Waals surface area contributed by atoms with Crippen LogP contribution < -0.4 is 5.43 Å². The first-order valence-electron chi connectivity index (χ1n) is 5.49. The van der Waals surface area contributed by atoms with Crippen molar-refractivity contribution in [2.24, 2.45) is 0 Å². The van der Waals surface area contributed by atoms with Gasteiger partial charge in [-0.3, -0.25) is 4.79 Å². The molecule has 0 bridgehead atoms. The largest absolute Gasteiger partial charge is 0.477 e. The van der Waals surface area contributed by atoms with Crippen LogP contribution in [0.25, 0.3) is 10.9 Å². The third-order valence-corrected chi connectivity index (χ3v) is 3.02. The van der Waals surface area contributed by atoms with Gasteiger partial charge in [-0.15, -0.1) is 0 Å². The number of pyridine rings is 1. The molecule has 0 fully saturated rings. The molecule has 4 nitrogen and oxygen atoms in total. The molecule has 0 aliphatic carbocycles. The molecule has 1 aromatic heterocycles. The minimum absolute atomic E-state index is 0.0485. The summed E-state index contributed by atoms with van der Waals surface area (Å²) in [4.78, 5) is 23.1. The summed E-state index contributed by atoms with van der Waals surface area (Å²) in [5, 5.41) is 9.80. The quantitative estimate of drug-likeness (QED) is 0.908. The molecule has 5 heteroatoms. The summed E-state index contributed by atoms with van der Waals surface area (Å²) in [7, 11) is 0. The Morgan fingerprint density at radius 3 is 2.61 bits per heavy atom. The summed E-state index contributed by atoms with van der Waals surface area (Å²) in [5.74, 6) is -1.23. The number of nitrogens with zero attached hydrogens (tertiary/aromatic N) is 1. The monoisotopic (exact) mass is 265 g/mol. The van der Waals surface area contributed by atoms with Gasteiger partial charge in [0.1, 0.15) is 5.56 Å². The van der Waals surface area contributed by atoms with Gasteiger partial charge in [-0.05, 0) is 32.0 Å². The number of aromatic nitrogens is 1. The highest BCUT2D eigenvalue weighted by molar-refractivity contribution is 6.31. The minimum atomic E-state index is -1.23. The van der Waals surface area contributed by atoms with E-state index in [0.29, 0.717) is 15.9 Å². The summed E-state index contributed by atoms with van der Waals surface area (Å²) in [5.41, 5.74) is -0.0558. The van der Waals surface area contributed by atoms with Gasteiger partial charge in [0.2, 0.25) is 5.43 Å². The van der Waals surface area contributed by atoms with E-state index < -0.39 is 11.4 Å². The van der Waals surface area contributed by atoms with E-state index in [0.717, 1.165) is 0 Å². The lowest BCUT2D eigenvalue weighted by atomic mass is 10.1. The van der Waals surface area contributed by atoms with Crippen LogP contribution in [0.15, 0.2) is 29.2 Å². The Labute approximate surface area is 108 Å². The van der Waals surface area contributed by atoms with Gasteiger partial charge in [-0.1, -0.05) is 11.6 Å². The number of hydrogen-bond donors (Lipinski definition) is 1. The first-order valence-corrected chi connectivity index (χ1v) is 5.87. The van der Waals surface area contributed by atoms with Crippen LogP contribution >= 0.6 is 11.6 Å². The summed E-state index contributed by atoms with van der Waals surface area (Å²) in [6, 6.07) is 4.96. The van der Waals surface area contributed by atoms with Crippen molar-refractivity contribution in [1.82, 2.24) is 4.57 Å². The lowest BCUT2D eigenvalue weighted by molar-refractivity contribution is 0.0695. The molecule has 1 heterocycles. The third kappa shape index (κ3) is 1.99. The first kappa shape index (κ1) is 12.6. The zero-order valence-electron chi connectivity index (χ0n) is 9.98. The molecule has 1 aromatic carbocycles. The number of carboxylic acid groups (broad SMARTS) is 1. The van der Waals surface area contributed by atoms with Crippen molar-refractivity contribution in [2.45, 2.75) is 19.9 Å². The van der Waals surface area contributed by atoms with Crippen molar-refractivity contribution in [2.75, 3.05) is 0 Å². The van der Waals surface area contributed by atoms with Gasteiger partial charge in [0.05, 0.1) is 5.52 Å². The van der Waals surface area contributed by atoms with Crippen LogP contribution in [0.2, 0.25) is 5.02 Å². The molecule has 0 atom stereocenters. The predicted octanol–water partition coefficient (Wildman–Crippen LogP) is 2.93. The minimum Gasteiger partial charge on any atom is -0.477 e. The Morgan fingerprint density at radius 1 is 1.39 bits per heavy atom. The fraction of sp³-hybridized carbons (Fsp3) is 0.231. The van der Waals surface area contributed by atoms with Gasteiger partial charge in [0.25, 0.3) is 0 Å². The van der Waals surface area contributed by atoms with Gasteiger partial charge in [-0.25, -0.2) is 4.79 Å². The maximum Gasteiger partial charge on any atom is 0.341 e. The van der Waals surface area contributed by atoms with Crippen LogP contribution in [-0.2, 0) is 0 Å². The average Bonchev–Trinajstić information content (AvgIpc) is 2.29. The highest BCUT2D eigenvalue weighted by Gasteiger charge is 2.15. The van der Waals surface area contributed by atoms with Crippen LogP contribution in [-0.4, -0.2) is 15.6 Å². The van der Waals surface area contributed by atoms with Gasteiger partial charge in [0.15, 0.2) is 0 Å². The molecule has 0 spiro atoms. The lowest BCUT2D eigenvalue weighted by Crippen LogP contribution is -2.19. The Hall–Kier alpha value is -1.81. The molecule has 0 aliphatic rings. The lowest BCUT2D eigenvalue weighted by Gasteiger charge is -2.15. The van der Waals surface area contributed by atoms with E-state index in [4.69, 9.17) is 16.7 Å². The molecule has 0 radical (unpaired) electrons. The van der Waals surface area contributed by atoms with Crippen LogP contribution in [0.5, 0.6) is 0 Å². The van der Waals surface area contributed by atoms with E-state index in [1.807, 2.05) is 13.8 Å².